The molecule has 25 atom stereocenters. The highest BCUT2D eigenvalue weighted by molar-refractivity contribution is 5.06. The Kier molecular flexibility index (Phi) is 30.9. The molecule has 0 aliphatic carbocycles. The molecule has 10 fully saturated rings. The Morgan fingerprint density at radius 2 is 0.535 bits per heavy atom. The SMILES string of the molecule is CCOC[C@@]12CO[C@@H](O1)[C@H](C)[C@@H](O)[C@H]2O.CCOC[C@@]12CO[C@@H](O1)[C@H](C)[C@@H](O)[C@H]2O.CCOC[C@@]12CO[C@@H](O1)[C@H](C)[C@@H](O)[C@H]2O.CCOC[C@@]12CO[C@@H](O1)[C@H](C)[C@@H](O)[C@H]2O.COC[C@@]12CO[C@@H](O1)[C@H](C)[C@@H](O)[C@H]2O.OCCOCCCCOCCO. The van der Waals surface area contributed by atoms with Gasteiger partial charge in [-0.2, -0.15) is 0 Å². The van der Waals surface area contributed by atoms with E-state index in [-0.39, 0.29) is 109 Å². The van der Waals surface area contributed by atoms with E-state index in [1.54, 1.807) is 34.6 Å². The summed E-state index contributed by atoms with van der Waals surface area (Å²) in [5.74, 6) is -1.05. The number of fused-ring (bicyclic) bond motifs is 10. The van der Waals surface area contributed by atoms with Crippen molar-refractivity contribution in [2.45, 2.75) is 196 Å². The molecule has 0 saturated carbocycles. The number of hydrogen-bond donors (Lipinski definition) is 12. The van der Waals surface area contributed by atoms with Crippen LogP contribution < -0.4 is 0 Å². The van der Waals surface area contributed by atoms with Crippen LogP contribution in [0.5, 0.6) is 0 Å². The predicted octanol–water partition coefficient (Wildman–Crippen LogP) is -3.08. The Bertz CT molecular complexity index is 1690. The maximum atomic E-state index is 9.98. The molecule has 86 heavy (non-hydrogen) atoms. The van der Waals surface area contributed by atoms with E-state index in [1.165, 1.54) is 7.11 Å². The summed E-state index contributed by atoms with van der Waals surface area (Å²) < 4.78 is 91.2. The normalized spacial score (nSPS) is 44.6. The third kappa shape index (κ3) is 17.7. The number of ether oxygens (including phenoxy) is 17. The molecule has 10 bridgehead atoms. The van der Waals surface area contributed by atoms with Crippen molar-refractivity contribution >= 4 is 0 Å². The molecule has 10 saturated heterocycles. The highest BCUT2D eigenvalue weighted by atomic mass is 16.8. The van der Waals surface area contributed by atoms with Crippen molar-refractivity contribution in [3.63, 3.8) is 0 Å². The molecule has 10 aliphatic heterocycles. The molecule has 0 aromatic carbocycles. The quantitative estimate of drug-likeness (QED) is 0.0452. The van der Waals surface area contributed by atoms with E-state index < -0.39 is 120 Å². The van der Waals surface area contributed by atoms with Crippen LogP contribution in [0.4, 0.5) is 0 Å². The molecule has 508 valence electrons. The number of unbranched alkanes of at least 4 members (excludes halogenated alkanes) is 1. The summed E-state index contributed by atoms with van der Waals surface area (Å²) in [6.45, 7) is 23.7. The van der Waals surface area contributed by atoms with Crippen molar-refractivity contribution in [1.29, 1.82) is 0 Å². The summed E-state index contributed by atoms with van der Waals surface area (Å²) in [6, 6.07) is 0. The Balaban J connectivity index is 0.000000189. The van der Waals surface area contributed by atoms with Gasteiger partial charge in [0.25, 0.3) is 0 Å². The average Bonchev–Trinajstić information content (AvgIpc) is 1.92. The topological polar surface area (TPSA) is 400 Å². The van der Waals surface area contributed by atoms with Gasteiger partial charge in [-0.05, 0) is 40.5 Å². The van der Waals surface area contributed by atoms with Crippen molar-refractivity contribution in [3.8, 4) is 0 Å². The fraction of sp³-hybridized carbons (Fsp3) is 1.00. The van der Waals surface area contributed by atoms with Gasteiger partial charge in [-0.25, -0.2) is 0 Å². The van der Waals surface area contributed by atoms with E-state index >= 15 is 0 Å². The lowest BCUT2D eigenvalue weighted by Gasteiger charge is -2.41. The molecule has 0 spiro atoms. The molecule has 12 N–H and O–H groups in total. The summed E-state index contributed by atoms with van der Waals surface area (Å²) in [5.41, 5.74) is -4.41. The van der Waals surface area contributed by atoms with Crippen LogP contribution in [-0.2, 0) is 80.5 Å². The number of hydrogen-bond acceptors (Lipinski definition) is 29. The monoisotopic (exact) mass is 1250 g/mol. The zero-order valence-electron chi connectivity index (χ0n) is 51.9. The third-order valence-electron chi connectivity index (χ3n) is 17.3. The van der Waals surface area contributed by atoms with Crippen LogP contribution >= 0.6 is 0 Å². The van der Waals surface area contributed by atoms with Gasteiger partial charge in [0.15, 0.2) is 31.5 Å². The van der Waals surface area contributed by atoms with Crippen LogP contribution in [0.25, 0.3) is 0 Å². The molecule has 10 rings (SSSR count). The van der Waals surface area contributed by atoms with Crippen LogP contribution in [0.15, 0.2) is 0 Å². The zero-order valence-corrected chi connectivity index (χ0v) is 51.9. The fourth-order valence-electron chi connectivity index (χ4n) is 11.4. The molecule has 10 heterocycles. The van der Waals surface area contributed by atoms with E-state index in [4.69, 9.17) is 90.7 Å². The summed E-state index contributed by atoms with van der Waals surface area (Å²) in [4.78, 5) is 0. The van der Waals surface area contributed by atoms with Gasteiger partial charge in [0.1, 0.15) is 58.5 Å². The predicted molar refractivity (Wildman–Crippen MR) is 297 cm³/mol. The van der Waals surface area contributed by atoms with Gasteiger partial charge in [-0.1, -0.05) is 34.6 Å². The van der Waals surface area contributed by atoms with Crippen molar-refractivity contribution in [2.75, 3.05) is 139 Å². The first-order valence-corrected chi connectivity index (χ1v) is 30.4. The summed E-state index contributed by atoms with van der Waals surface area (Å²) >= 11 is 0. The van der Waals surface area contributed by atoms with Gasteiger partial charge in [0.2, 0.25) is 0 Å². The van der Waals surface area contributed by atoms with Crippen LogP contribution in [0.3, 0.4) is 0 Å². The second kappa shape index (κ2) is 35.2. The number of methoxy groups -OCH3 is 1. The molecular weight excluding hydrogens is 1150 g/mol. The minimum atomic E-state index is -0.948. The summed E-state index contributed by atoms with van der Waals surface area (Å²) in [7, 11) is 1.53. The Hall–Kier alpha value is -1.16. The van der Waals surface area contributed by atoms with Crippen LogP contribution in [0, 0.1) is 29.6 Å². The highest BCUT2D eigenvalue weighted by Crippen LogP contribution is 2.44. The van der Waals surface area contributed by atoms with Gasteiger partial charge < -0.3 is 142 Å². The van der Waals surface area contributed by atoms with Gasteiger partial charge in [0.05, 0.1) is 123 Å². The number of aliphatic hydroxyl groups excluding tert-OH is 12. The van der Waals surface area contributed by atoms with E-state index in [0.717, 1.165) is 12.8 Å². The van der Waals surface area contributed by atoms with E-state index in [2.05, 4.69) is 0 Å². The van der Waals surface area contributed by atoms with E-state index in [9.17, 15) is 51.1 Å². The first-order valence-electron chi connectivity index (χ1n) is 30.4. The zero-order chi connectivity index (χ0) is 63.6. The average molecular weight is 1260 g/mol. The lowest BCUT2D eigenvalue weighted by Crippen LogP contribution is -2.60. The van der Waals surface area contributed by atoms with E-state index in [0.29, 0.717) is 52.9 Å². The lowest BCUT2D eigenvalue weighted by molar-refractivity contribution is -0.248. The molecule has 0 aromatic heterocycles. The van der Waals surface area contributed by atoms with Crippen LogP contribution in [-0.4, -0.2) is 321 Å². The second-order valence-corrected chi connectivity index (χ2v) is 23.6. The minimum absolute atomic E-state index is 0.0843. The molecular formula is C57H106O29. The largest absolute Gasteiger partial charge is 0.394 e. The fourth-order valence-corrected chi connectivity index (χ4v) is 11.4. The first kappa shape index (κ1) is 75.6. The minimum Gasteiger partial charge on any atom is -0.394 e. The van der Waals surface area contributed by atoms with Gasteiger partial charge in [-0.3, -0.25) is 0 Å². The molecule has 0 aromatic rings. The summed E-state index contributed by atoms with van der Waals surface area (Å²) in [5, 5.41) is 116. The molecule has 0 amide bonds. The van der Waals surface area contributed by atoms with Gasteiger partial charge >= 0.3 is 0 Å². The van der Waals surface area contributed by atoms with Crippen molar-refractivity contribution in [3.05, 3.63) is 0 Å². The summed E-state index contributed by atoms with van der Waals surface area (Å²) in [6.07, 6.45) is -9.06. The molecule has 29 nitrogen and oxygen atoms in total. The lowest BCUT2D eigenvalue weighted by atomic mass is 9.86. The van der Waals surface area contributed by atoms with Gasteiger partial charge in [0, 0.05) is 76.3 Å². The number of rotatable bonds is 23. The second-order valence-electron chi connectivity index (χ2n) is 23.6. The highest BCUT2D eigenvalue weighted by Gasteiger charge is 2.62. The standard InChI is InChI=1S/4C10H18O5.C9H16O5.C8H18O4/c4*1-3-13-4-10-5-14-9(15-10)6(2)7(11)8(10)12;1-5-6(10)7(11)9(3-12-2)4-13-8(5)14-9;9-3-7-11-5-1-2-6-12-8-4-10/h4*6-9,11-12H,3-5H2,1-2H3;5-8,10-11H,3-4H2,1-2H3;9-10H,1-8H2/t4*6-,7-,8-,9+,10+;5-,6-,7-,8+,9+;/m11111./s1. The number of aliphatic hydroxyl groups is 12. The van der Waals surface area contributed by atoms with Crippen molar-refractivity contribution < 1.29 is 142 Å². The Labute approximate surface area is 505 Å². The van der Waals surface area contributed by atoms with Gasteiger partial charge in [-0.15, -0.1) is 0 Å². The third-order valence-corrected chi connectivity index (χ3v) is 17.3. The van der Waals surface area contributed by atoms with Crippen molar-refractivity contribution in [1.82, 2.24) is 0 Å². The van der Waals surface area contributed by atoms with Crippen molar-refractivity contribution in [2.24, 2.45) is 29.6 Å². The molecule has 29 heteroatoms. The van der Waals surface area contributed by atoms with Crippen LogP contribution in [0.1, 0.15) is 75.2 Å². The molecule has 0 radical (unpaired) electrons. The Morgan fingerprint density at radius 1 is 0.326 bits per heavy atom. The first-order chi connectivity index (χ1) is 40.9. The molecule has 0 unspecified atom stereocenters. The molecule has 10 aliphatic rings. The van der Waals surface area contributed by atoms with Crippen LogP contribution in [0.2, 0.25) is 0 Å². The maximum Gasteiger partial charge on any atom is 0.163 e. The smallest absolute Gasteiger partial charge is 0.163 e. The van der Waals surface area contributed by atoms with E-state index in [1.807, 2.05) is 27.7 Å². The maximum absolute atomic E-state index is 9.98. The Morgan fingerprint density at radius 3 is 0.721 bits per heavy atom.